The quantitative estimate of drug-likeness (QED) is 0.851. The first-order chi connectivity index (χ1) is 9.03. The van der Waals surface area contributed by atoms with E-state index in [9.17, 15) is 5.11 Å². The number of aromatic nitrogens is 2. The van der Waals surface area contributed by atoms with Gasteiger partial charge in [0.25, 0.3) is 0 Å². The van der Waals surface area contributed by atoms with Crippen LogP contribution in [0, 0.1) is 0 Å². The van der Waals surface area contributed by atoms with Crippen molar-refractivity contribution in [2.75, 3.05) is 6.54 Å². The molecule has 0 saturated carbocycles. The average Bonchev–Trinajstić information content (AvgIpc) is 2.98. The van der Waals surface area contributed by atoms with Gasteiger partial charge in [-0.05, 0) is 24.8 Å². The third kappa shape index (κ3) is 3.43. The van der Waals surface area contributed by atoms with Gasteiger partial charge >= 0.3 is 0 Å². The molecule has 0 aliphatic heterocycles. The predicted octanol–water partition coefficient (Wildman–Crippen LogP) is 2.04. The van der Waals surface area contributed by atoms with Crippen molar-refractivity contribution in [2.24, 2.45) is 7.05 Å². The Bertz CT molecular complexity index is 517. The highest BCUT2D eigenvalue weighted by Gasteiger charge is 2.23. The molecule has 4 nitrogen and oxygen atoms in total. The summed E-state index contributed by atoms with van der Waals surface area (Å²) in [6.45, 7) is 5.22. The van der Waals surface area contributed by atoms with E-state index in [2.05, 4.69) is 17.3 Å². The third-order valence-electron chi connectivity index (χ3n) is 3.16. The van der Waals surface area contributed by atoms with Crippen LogP contribution < -0.4 is 5.32 Å². The monoisotopic (exact) mass is 279 g/mol. The molecule has 19 heavy (non-hydrogen) atoms. The minimum atomic E-state index is -0.817. The maximum absolute atomic E-state index is 10.4. The number of hydrogen-bond donors (Lipinski definition) is 2. The summed E-state index contributed by atoms with van der Waals surface area (Å²) in [5.41, 5.74) is 1.50. The fraction of sp³-hybridized carbons (Fsp3) is 0.500. The first-order valence-electron chi connectivity index (χ1n) is 6.51. The van der Waals surface area contributed by atoms with E-state index >= 15 is 0 Å². The maximum atomic E-state index is 10.4. The molecule has 1 unspecified atom stereocenters. The molecule has 104 valence electrons. The zero-order valence-corrected chi connectivity index (χ0v) is 12.5. The number of rotatable bonds is 6. The highest BCUT2D eigenvalue weighted by molar-refractivity contribution is 7.10. The Morgan fingerprint density at radius 1 is 1.53 bits per heavy atom. The molecule has 5 heteroatoms. The Hall–Kier alpha value is -1.17. The number of aliphatic hydroxyl groups is 1. The van der Waals surface area contributed by atoms with Gasteiger partial charge in [-0.3, -0.25) is 4.68 Å². The third-order valence-corrected chi connectivity index (χ3v) is 4.29. The smallest absolute Gasteiger partial charge is 0.108 e. The summed E-state index contributed by atoms with van der Waals surface area (Å²) in [7, 11) is 1.93. The molecule has 0 saturated heterocycles. The number of thiophene rings is 1. The van der Waals surface area contributed by atoms with E-state index < -0.39 is 5.60 Å². The van der Waals surface area contributed by atoms with E-state index in [0.29, 0.717) is 6.54 Å². The molecule has 0 amide bonds. The van der Waals surface area contributed by atoms with E-state index in [0.717, 1.165) is 23.5 Å². The normalized spacial score (nSPS) is 14.5. The van der Waals surface area contributed by atoms with Crippen molar-refractivity contribution in [3.63, 3.8) is 0 Å². The van der Waals surface area contributed by atoms with Crippen molar-refractivity contribution >= 4 is 11.3 Å². The molecule has 2 heterocycles. The second-order valence-electron chi connectivity index (χ2n) is 4.98. The van der Waals surface area contributed by atoms with E-state index in [1.54, 1.807) is 11.3 Å². The van der Waals surface area contributed by atoms with Crippen LogP contribution in [0.25, 0.3) is 0 Å². The summed E-state index contributed by atoms with van der Waals surface area (Å²) < 4.78 is 1.84. The lowest BCUT2D eigenvalue weighted by atomic mass is 10.1. The molecular formula is C14H21N3OS. The number of nitrogens with one attached hydrogen (secondary N) is 1. The van der Waals surface area contributed by atoms with E-state index in [4.69, 9.17) is 0 Å². The van der Waals surface area contributed by atoms with Gasteiger partial charge in [-0.15, -0.1) is 11.3 Å². The van der Waals surface area contributed by atoms with Crippen molar-refractivity contribution in [1.82, 2.24) is 15.1 Å². The van der Waals surface area contributed by atoms with Crippen LogP contribution in [0.5, 0.6) is 0 Å². The topological polar surface area (TPSA) is 50.1 Å². The Morgan fingerprint density at radius 3 is 2.95 bits per heavy atom. The molecule has 0 aromatic carbocycles. The summed E-state index contributed by atoms with van der Waals surface area (Å²) in [4.78, 5) is 0.988. The fourth-order valence-electron chi connectivity index (χ4n) is 2.14. The van der Waals surface area contributed by atoms with Crippen molar-refractivity contribution < 1.29 is 5.11 Å². The fourth-order valence-corrected chi connectivity index (χ4v) is 2.93. The van der Waals surface area contributed by atoms with Gasteiger partial charge in [0, 0.05) is 36.8 Å². The lowest BCUT2D eigenvalue weighted by molar-refractivity contribution is 0.0604. The summed E-state index contributed by atoms with van der Waals surface area (Å²) >= 11 is 1.58. The van der Waals surface area contributed by atoms with Gasteiger partial charge in [-0.1, -0.05) is 13.0 Å². The molecule has 0 spiro atoms. The zero-order valence-electron chi connectivity index (χ0n) is 11.7. The largest absolute Gasteiger partial charge is 0.383 e. The molecule has 2 N–H and O–H groups in total. The van der Waals surface area contributed by atoms with Crippen molar-refractivity contribution in [1.29, 1.82) is 0 Å². The van der Waals surface area contributed by atoms with Crippen LogP contribution in [0.3, 0.4) is 0 Å². The Balaban J connectivity index is 1.93. The van der Waals surface area contributed by atoms with Crippen LogP contribution in [-0.2, 0) is 25.6 Å². The SMILES string of the molecule is CCc1nn(C)cc1CNCC(C)(O)c1cccs1. The molecule has 0 aliphatic rings. The highest BCUT2D eigenvalue weighted by Crippen LogP contribution is 2.24. The molecule has 0 radical (unpaired) electrons. The standard InChI is InChI=1S/C14H21N3OS/c1-4-12-11(9-17(3)16-12)8-15-10-14(2,18)13-6-5-7-19-13/h5-7,9,15,18H,4,8,10H2,1-3H3. The van der Waals surface area contributed by atoms with Crippen LogP contribution in [-0.4, -0.2) is 21.4 Å². The van der Waals surface area contributed by atoms with Gasteiger partial charge in [0.2, 0.25) is 0 Å². The molecule has 0 fully saturated rings. The molecular weight excluding hydrogens is 258 g/mol. The number of aryl methyl sites for hydroxylation is 2. The Morgan fingerprint density at radius 2 is 2.32 bits per heavy atom. The van der Waals surface area contributed by atoms with Crippen LogP contribution in [0.2, 0.25) is 0 Å². The van der Waals surface area contributed by atoms with Crippen LogP contribution in [0.1, 0.15) is 30.0 Å². The summed E-state index contributed by atoms with van der Waals surface area (Å²) in [5, 5.41) is 20.1. The molecule has 2 rings (SSSR count). The van der Waals surface area contributed by atoms with Crippen LogP contribution >= 0.6 is 11.3 Å². The Kier molecular flexibility index (Phi) is 4.39. The van der Waals surface area contributed by atoms with Gasteiger partial charge in [0.05, 0.1) is 5.69 Å². The van der Waals surface area contributed by atoms with Crippen molar-refractivity contribution in [2.45, 2.75) is 32.4 Å². The minimum Gasteiger partial charge on any atom is -0.383 e. The molecule has 2 aromatic rings. The lowest BCUT2D eigenvalue weighted by Crippen LogP contribution is -2.34. The van der Waals surface area contributed by atoms with Gasteiger partial charge in [-0.25, -0.2) is 0 Å². The first kappa shape index (κ1) is 14.2. The lowest BCUT2D eigenvalue weighted by Gasteiger charge is -2.22. The van der Waals surface area contributed by atoms with Gasteiger partial charge in [0.1, 0.15) is 5.60 Å². The van der Waals surface area contributed by atoms with Crippen molar-refractivity contribution in [3.05, 3.63) is 39.8 Å². The molecule has 0 aliphatic carbocycles. The summed E-state index contributed by atoms with van der Waals surface area (Å²) in [6.07, 6.45) is 2.96. The zero-order chi connectivity index (χ0) is 13.9. The minimum absolute atomic E-state index is 0.533. The Labute approximate surface area is 118 Å². The summed E-state index contributed by atoms with van der Waals surface area (Å²) in [5.74, 6) is 0. The number of hydrogen-bond acceptors (Lipinski definition) is 4. The maximum Gasteiger partial charge on any atom is 0.108 e. The van der Waals surface area contributed by atoms with E-state index in [1.807, 2.05) is 42.4 Å². The molecule has 0 bridgehead atoms. The summed E-state index contributed by atoms with van der Waals surface area (Å²) in [6, 6.07) is 3.93. The van der Waals surface area contributed by atoms with Gasteiger partial charge in [0.15, 0.2) is 0 Å². The molecule has 1 atom stereocenters. The highest BCUT2D eigenvalue weighted by atomic mass is 32.1. The van der Waals surface area contributed by atoms with E-state index in [-0.39, 0.29) is 0 Å². The predicted molar refractivity (Wildman–Crippen MR) is 78.2 cm³/mol. The van der Waals surface area contributed by atoms with Gasteiger partial charge < -0.3 is 10.4 Å². The number of nitrogens with zero attached hydrogens (tertiary/aromatic N) is 2. The van der Waals surface area contributed by atoms with Crippen LogP contribution in [0.4, 0.5) is 0 Å². The second-order valence-corrected chi connectivity index (χ2v) is 5.93. The first-order valence-corrected chi connectivity index (χ1v) is 7.39. The molecule has 2 aromatic heterocycles. The van der Waals surface area contributed by atoms with Crippen LogP contribution in [0.15, 0.2) is 23.7 Å². The average molecular weight is 279 g/mol. The van der Waals surface area contributed by atoms with Gasteiger partial charge in [-0.2, -0.15) is 5.10 Å². The second kappa shape index (κ2) is 5.86. The van der Waals surface area contributed by atoms with Crippen molar-refractivity contribution in [3.8, 4) is 0 Å². The van der Waals surface area contributed by atoms with E-state index in [1.165, 1.54) is 5.56 Å².